The summed E-state index contributed by atoms with van der Waals surface area (Å²) in [5.41, 5.74) is 4.73. The van der Waals surface area contributed by atoms with Crippen molar-refractivity contribution < 1.29 is 9.46 Å². The third kappa shape index (κ3) is 4.69. The molecule has 2 aromatic carbocycles. The summed E-state index contributed by atoms with van der Waals surface area (Å²) >= 11 is 3.52. The lowest BCUT2D eigenvalue weighted by Crippen LogP contribution is -2.09. The van der Waals surface area contributed by atoms with Crippen molar-refractivity contribution >= 4 is 34.9 Å². The Morgan fingerprint density at radius 1 is 1.14 bits per heavy atom. The molecule has 1 unspecified atom stereocenters. The van der Waals surface area contributed by atoms with Gasteiger partial charge in [-0.25, -0.2) is 4.98 Å². The number of unbranched alkanes of at least 4 members (excludes halogenated alkanes) is 1. The van der Waals surface area contributed by atoms with E-state index in [0.29, 0.717) is 17.0 Å². The van der Waals surface area contributed by atoms with Gasteiger partial charge in [0.05, 0.1) is 11.2 Å². The number of tetrazole rings is 1. The third-order valence-corrected chi connectivity index (χ3v) is 7.25. The molecule has 0 bridgehead atoms. The monoisotopic (exact) mass is 552 g/mol. The van der Waals surface area contributed by atoms with E-state index in [4.69, 9.17) is 0 Å². The quantitative estimate of drug-likeness (QED) is 0.237. The van der Waals surface area contributed by atoms with E-state index in [9.17, 15) is 9.46 Å². The van der Waals surface area contributed by atoms with E-state index in [0.717, 1.165) is 58.5 Å². The second kappa shape index (κ2) is 10.2. The lowest BCUT2D eigenvalue weighted by Gasteiger charge is -2.13. The van der Waals surface area contributed by atoms with E-state index < -0.39 is 8.03 Å². The predicted molar refractivity (Wildman–Crippen MR) is 138 cm³/mol. The fraction of sp³-hybridized carbons (Fsp3) is 0.250. The summed E-state index contributed by atoms with van der Waals surface area (Å²) in [6.07, 6.45) is 4.96. The van der Waals surface area contributed by atoms with Gasteiger partial charge in [-0.3, -0.25) is 0 Å². The number of para-hydroxylation sites is 1. The average molecular weight is 553 g/mol. The molecular formula is C24H24BrN7O2P+. The van der Waals surface area contributed by atoms with Gasteiger partial charge in [0.2, 0.25) is 12.0 Å². The van der Waals surface area contributed by atoms with Crippen molar-refractivity contribution in [1.29, 1.82) is 0 Å². The standard InChI is InChI=1S/C24H23BrN7O2P/c1-2-3-11-22-26-23(25)21(15-35(33)34)32(22)14-16-7-6-10-19-17(16)12-13-31(19)20-9-5-4-8-18(20)24-27-29-30-28-24/h4-10,12-13H,2-3,11,14-15H2,1H3,(H-,27,28,29,30,33,34)/p+1. The molecule has 0 amide bonds. The number of hydrogen-bond donors (Lipinski definition) is 2. The van der Waals surface area contributed by atoms with Crippen molar-refractivity contribution in [3.05, 3.63) is 76.4 Å². The number of hydrogen-bond acceptors (Lipinski definition) is 5. The summed E-state index contributed by atoms with van der Waals surface area (Å²) in [6.45, 7) is 2.70. The third-order valence-electron chi connectivity index (χ3n) is 6.04. The first-order chi connectivity index (χ1) is 17.1. The molecule has 11 heteroatoms. The van der Waals surface area contributed by atoms with Gasteiger partial charge in [-0.05, 0) is 62.0 Å². The molecule has 5 rings (SSSR count). The van der Waals surface area contributed by atoms with Crippen LogP contribution in [0.1, 0.15) is 36.8 Å². The van der Waals surface area contributed by atoms with E-state index >= 15 is 0 Å². The maximum absolute atomic E-state index is 11.7. The zero-order valence-electron chi connectivity index (χ0n) is 19.1. The lowest BCUT2D eigenvalue weighted by atomic mass is 10.1. The van der Waals surface area contributed by atoms with Crippen molar-refractivity contribution in [3.8, 4) is 17.1 Å². The second-order valence-corrected chi connectivity index (χ2v) is 10.0. The van der Waals surface area contributed by atoms with Crippen LogP contribution in [0.4, 0.5) is 0 Å². The van der Waals surface area contributed by atoms with Gasteiger partial charge in [-0.1, -0.05) is 37.6 Å². The van der Waals surface area contributed by atoms with Gasteiger partial charge in [0.25, 0.3) is 0 Å². The van der Waals surface area contributed by atoms with Crippen LogP contribution in [0.5, 0.6) is 0 Å². The fourth-order valence-corrected chi connectivity index (χ4v) is 5.75. The molecule has 0 aliphatic heterocycles. The van der Waals surface area contributed by atoms with Gasteiger partial charge in [-0.15, -0.1) is 10.2 Å². The number of halogens is 1. The normalized spacial score (nSPS) is 11.9. The summed E-state index contributed by atoms with van der Waals surface area (Å²) in [5, 5.41) is 15.7. The summed E-state index contributed by atoms with van der Waals surface area (Å²) in [4.78, 5) is 14.3. The summed E-state index contributed by atoms with van der Waals surface area (Å²) in [5.74, 6) is 1.45. The Balaban J connectivity index is 1.59. The van der Waals surface area contributed by atoms with E-state index in [1.165, 1.54) is 0 Å². The Morgan fingerprint density at radius 2 is 2.00 bits per heavy atom. The largest absolute Gasteiger partial charge is 0.511 e. The molecule has 0 saturated carbocycles. The minimum absolute atomic E-state index is 0.0596. The van der Waals surface area contributed by atoms with Crippen molar-refractivity contribution in [2.24, 2.45) is 0 Å². The number of nitrogens with zero attached hydrogens (tertiary/aromatic N) is 6. The fourth-order valence-electron chi connectivity index (χ4n) is 4.39. The number of aromatic amines is 1. The van der Waals surface area contributed by atoms with Crippen LogP contribution < -0.4 is 0 Å². The maximum atomic E-state index is 11.7. The van der Waals surface area contributed by atoms with Crippen LogP contribution >= 0.6 is 24.0 Å². The van der Waals surface area contributed by atoms with E-state index in [1.807, 2.05) is 36.5 Å². The zero-order valence-corrected chi connectivity index (χ0v) is 21.6. The van der Waals surface area contributed by atoms with E-state index in [2.05, 4.69) is 75.8 Å². The van der Waals surface area contributed by atoms with Gasteiger partial charge in [-0.2, -0.15) is 10.1 Å². The van der Waals surface area contributed by atoms with Gasteiger partial charge in [0.15, 0.2) is 0 Å². The molecule has 178 valence electrons. The Morgan fingerprint density at radius 3 is 2.77 bits per heavy atom. The number of aromatic nitrogens is 7. The first-order valence-electron chi connectivity index (χ1n) is 11.4. The van der Waals surface area contributed by atoms with E-state index in [-0.39, 0.29) is 6.16 Å². The molecule has 0 aliphatic rings. The molecule has 0 radical (unpaired) electrons. The van der Waals surface area contributed by atoms with Crippen LogP contribution in [0.2, 0.25) is 0 Å². The molecule has 3 aromatic heterocycles. The molecular weight excluding hydrogens is 529 g/mol. The van der Waals surface area contributed by atoms with Gasteiger partial charge in [0, 0.05) is 30.1 Å². The molecule has 0 fully saturated rings. The molecule has 35 heavy (non-hydrogen) atoms. The first-order valence-corrected chi connectivity index (χ1v) is 13.6. The number of aryl methyl sites for hydroxylation is 1. The number of benzene rings is 2. The molecule has 0 saturated heterocycles. The zero-order chi connectivity index (χ0) is 24.4. The highest BCUT2D eigenvalue weighted by Crippen LogP contribution is 2.32. The molecule has 2 N–H and O–H groups in total. The van der Waals surface area contributed by atoms with Crippen LogP contribution in [0.25, 0.3) is 28.0 Å². The predicted octanol–water partition coefficient (Wildman–Crippen LogP) is 5.40. The van der Waals surface area contributed by atoms with Crippen molar-refractivity contribution in [2.75, 3.05) is 0 Å². The topological polar surface area (TPSA) is 115 Å². The van der Waals surface area contributed by atoms with Crippen LogP contribution in [0, 0.1) is 0 Å². The van der Waals surface area contributed by atoms with Gasteiger partial charge < -0.3 is 9.13 Å². The number of fused-ring (bicyclic) bond motifs is 1. The summed E-state index contributed by atoms with van der Waals surface area (Å²) in [7, 11) is -2.33. The Bertz CT molecular complexity index is 1490. The van der Waals surface area contributed by atoms with Crippen LogP contribution in [0.3, 0.4) is 0 Å². The second-order valence-electron chi connectivity index (χ2n) is 8.25. The first kappa shape index (κ1) is 23.5. The molecule has 0 aliphatic carbocycles. The Hall–Kier alpha value is -3.20. The number of imidazole rings is 1. The van der Waals surface area contributed by atoms with Crippen LogP contribution in [-0.2, 0) is 23.7 Å². The lowest BCUT2D eigenvalue weighted by molar-refractivity contribution is 0.500. The highest BCUT2D eigenvalue weighted by atomic mass is 79.9. The summed E-state index contributed by atoms with van der Waals surface area (Å²) in [6, 6.07) is 16.3. The highest BCUT2D eigenvalue weighted by Gasteiger charge is 2.24. The van der Waals surface area contributed by atoms with Crippen molar-refractivity contribution in [3.63, 3.8) is 0 Å². The Labute approximate surface area is 211 Å². The molecule has 0 spiro atoms. The maximum Gasteiger partial charge on any atom is 0.511 e. The van der Waals surface area contributed by atoms with Gasteiger partial charge >= 0.3 is 8.03 Å². The van der Waals surface area contributed by atoms with Crippen molar-refractivity contribution in [2.45, 2.75) is 38.9 Å². The highest BCUT2D eigenvalue weighted by molar-refractivity contribution is 9.10. The molecule has 3 heterocycles. The van der Waals surface area contributed by atoms with E-state index in [1.54, 1.807) is 0 Å². The Kier molecular flexibility index (Phi) is 6.86. The minimum atomic E-state index is -2.33. The smallest absolute Gasteiger partial charge is 0.323 e. The summed E-state index contributed by atoms with van der Waals surface area (Å²) < 4.78 is 16.6. The van der Waals surface area contributed by atoms with Crippen LogP contribution in [-0.4, -0.2) is 39.6 Å². The number of rotatable bonds is 9. The SMILES string of the molecule is CCCCc1nc(Br)c(C[P+](=O)O)n1Cc1cccc2c1ccn2-c1ccccc1-c1nn[nH]n1. The average Bonchev–Trinajstić information content (AvgIpc) is 3.59. The molecule has 9 nitrogen and oxygen atoms in total. The number of H-pyrrole nitrogens is 1. The number of nitrogens with one attached hydrogen (secondary N) is 1. The molecule has 5 aromatic rings. The minimum Gasteiger partial charge on any atom is -0.323 e. The van der Waals surface area contributed by atoms with Crippen molar-refractivity contribution in [1.82, 2.24) is 34.7 Å². The van der Waals surface area contributed by atoms with Gasteiger partial charge in [0.1, 0.15) is 16.1 Å². The van der Waals surface area contributed by atoms with Crippen LogP contribution in [0.15, 0.2) is 59.3 Å². The molecule has 1 atom stereocenters.